The number of nitrogens with zero attached hydrogens (tertiary/aromatic N) is 3. The van der Waals surface area contributed by atoms with Gasteiger partial charge in [-0.3, -0.25) is 4.90 Å². The minimum Gasteiger partial charge on any atom is -0.381 e. The molecular formula is C19H27N3O2. The van der Waals surface area contributed by atoms with E-state index in [0.29, 0.717) is 18.2 Å². The van der Waals surface area contributed by atoms with E-state index >= 15 is 0 Å². The van der Waals surface area contributed by atoms with Crippen molar-refractivity contribution in [1.29, 1.82) is 0 Å². The first-order valence-corrected chi connectivity index (χ1v) is 9.06. The van der Waals surface area contributed by atoms with Gasteiger partial charge in [0.1, 0.15) is 5.82 Å². The number of rotatable bonds is 4. The van der Waals surface area contributed by atoms with Crippen LogP contribution in [0.15, 0.2) is 24.3 Å². The zero-order chi connectivity index (χ0) is 16.5. The van der Waals surface area contributed by atoms with Crippen molar-refractivity contribution >= 4 is 11.0 Å². The van der Waals surface area contributed by atoms with E-state index in [1.165, 1.54) is 5.52 Å². The molecule has 5 nitrogen and oxygen atoms in total. The van der Waals surface area contributed by atoms with E-state index in [9.17, 15) is 0 Å². The second-order valence-corrected chi connectivity index (χ2v) is 6.98. The van der Waals surface area contributed by atoms with Gasteiger partial charge in [0.25, 0.3) is 0 Å². The standard InChI is InChI=1S/C19H27N3O2/c1-14-20-16-5-3-4-6-17(16)22(14)10-9-21-11-12-24-19-8-7-15(23-2)13-18(19)21/h3-6,15,18-19H,7-13H2,1-2H3/t15-,18-,19-/m1/s1. The maximum absolute atomic E-state index is 6.02. The minimum atomic E-state index is 0.380. The Kier molecular flexibility index (Phi) is 4.57. The first kappa shape index (κ1) is 16.1. The Labute approximate surface area is 143 Å². The molecule has 2 aliphatic rings. The molecule has 4 rings (SSSR count). The van der Waals surface area contributed by atoms with Crippen molar-refractivity contribution in [3.8, 4) is 0 Å². The van der Waals surface area contributed by atoms with Gasteiger partial charge in [-0.25, -0.2) is 4.98 Å². The maximum atomic E-state index is 6.02. The molecule has 1 saturated carbocycles. The number of ether oxygens (including phenoxy) is 2. The third-order valence-electron chi connectivity index (χ3n) is 5.68. The topological polar surface area (TPSA) is 39.5 Å². The van der Waals surface area contributed by atoms with Crippen LogP contribution in [-0.2, 0) is 16.0 Å². The number of aryl methyl sites for hydroxylation is 1. The third kappa shape index (κ3) is 2.96. The Balaban J connectivity index is 1.48. The Morgan fingerprint density at radius 1 is 1.25 bits per heavy atom. The molecule has 5 heteroatoms. The van der Waals surface area contributed by atoms with Gasteiger partial charge in [-0.2, -0.15) is 0 Å². The molecule has 1 aromatic heterocycles. The minimum absolute atomic E-state index is 0.380. The van der Waals surface area contributed by atoms with E-state index in [4.69, 9.17) is 9.47 Å². The average Bonchev–Trinajstić information content (AvgIpc) is 2.94. The summed E-state index contributed by atoms with van der Waals surface area (Å²) in [5.41, 5.74) is 2.32. The molecule has 24 heavy (non-hydrogen) atoms. The number of imidazole rings is 1. The Hall–Kier alpha value is -1.43. The summed E-state index contributed by atoms with van der Waals surface area (Å²) >= 11 is 0. The van der Waals surface area contributed by atoms with Crippen LogP contribution in [0.5, 0.6) is 0 Å². The summed E-state index contributed by atoms with van der Waals surface area (Å²) in [7, 11) is 1.83. The first-order chi connectivity index (χ1) is 11.8. The summed E-state index contributed by atoms with van der Waals surface area (Å²) in [6, 6.07) is 8.90. The van der Waals surface area contributed by atoms with Crippen molar-refractivity contribution in [2.24, 2.45) is 0 Å². The van der Waals surface area contributed by atoms with Crippen molar-refractivity contribution in [1.82, 2.24) is 14.5 Å². The molecule has 2 heterocycles. The zero-order valence-electron chi connectivity index (χ0n) is 14.6. The van der Waals surface area contributed by atoms with Gasteiger partial charge in [-0.15, -0.1) is 0 Å². The van der Waals surface area contributed by atoms with Crippen LogP contribution in [0.4, 0.5) is 0 Å². The van der Waals surface area contributed by atoms with Gasteiger partial charge in [0.2, 0.25) is 0 Å². The second kappa shape index (κ2) is 6.82. The van der Waals surface area contributed by atoms with E-state index in [1.807, 2.05) is 7.11 Å². The number of fused-ring (bicyclic) bond motifs is 2. The first-order valence-electron chi connectivity index (χ1n) is 9.06. The van der Waals surface area contributed by atoms with Crippen molar-refractivity contribution < 1.29 is 9.47 Å². The van der Waals surface area contributed by atoms with Crippen LogP contribution in [0.1, 0.15) is 25.1 Å². The monoisotopic (exact) mass is 329 g/mol. The van der Waals surface area contributed by atoms with Crippen LogP contribution in [0.2, 0.25) is 0 Å². The molecule has 3 atom stereocenters. The van der Waals surface area contributed by atoms with Crippen molar-refractivity contribution in [2.75, 3.05) is 26.8 Å². The van der Waals surface area contributed by atoms with Gasteiger partial charge in [0, 0.05) is 32.8 Å². The van der Waals surface area contributed by atoms with Crippen LogP contribution in [0, 0.1) is 6.92 Å². The molecule has 0 amide bonds. The fourth-order valence-corrected chi connectivity index (χ4v) is 4.35. The van der Waals surface area contributed by atoms with Gasteiger partial charge in [-0.05, 0) is 38.3 Å². The van der Waals surface area contributed by atoms with Crippen LogP contribution < -0.4 is 0 Å². The van der Waals surface area contributed by atoms with Crippen LogP contribution in [0.3, 0.4) is 0 Å². The number of morpholine rings is 1. The van der Waals surface area contributed by atoms with Gasteiger partial charge in [0.05, 0.1) is 29.8 Å². The lowest BCUT2D eigenvalue weighted by Crippen LogP contribution is -2.55. The summed E-state index contributed by atoms with van der Waals surface area (Å²) in [4.78, 5) is 7.29. The molecule has 1 aromatic carbocycles. The van der Waals surface area contributed by atoms with Gasteiger partial charge in [0.15, 0.2) is 0 Å². The fraction of sp³-hybridized carbons (Fsp3) is 0.632. The SMILES string of the molecule is CO[C@@H]1CC[C@H]2OCCN(CCn3c(C)nc4ccccc43)[C@@H]2C1. The quantitative estimate of drug-likeness (QED) is 0.864. The molecule has 0 unspecified atom stereocenters. The molecule has 1 saturated heterocycles. The number of aromatic nitrogens is 2. The highest BCUT2D eigenvalue weighted by Gasteiger charge is 2.37. The molecule has 0 N–H and O–H groups in total. The predicted octanol–water partition coefficient (Wildman–Crippen LogP) is 2.61. The lowest BCUT2D eigenvalue weighted by molar-refractivity contribution is -0.113. The number of benzene rings is 1. The summed E-state index contributed by atoms with van der Waals surface area (Å²) in [6.07, 6.45) is 4.09. The smallest absolute Gasteiger partial charge is 0.106 e. The predicted molar refractivity (Wildman–Crippen MR) is 94.2 cm³/mol. The molecule has 0 bridgehead atoms. The number of para-hydroxylation sites is 2. The van der Waals surface area contributed by atoms with E-state index < -0.39 is 0 Å². The molecule has 1 aliphatic carbocycles. The lowest BCUT2D eigenvalue weighted by Gasteiger charge is -2.45. The summed E-state index contributed by atoms with van der Waals surface area (Å²) in [6.45, 7) is 5.99. The van der Waals surface area contributed by atoms with E-state index in [1.54, 1.807) is 0 Å². The molecule has 0 radical (unpaired) electrons. The summed E-state index contributed by atoms with van der Waals surface area (Å²) in [5.74, 6) is 1.10. The van der Waals surface area contributed by atoms with Crippen LogP contribution in [-0.4, -0.2) is 59.5 Å². The van der Waals surface area contributed by atoms with Gasteiger partial charge in [-0.1, -0.05) is 12.1 Å². The van der Waals surface area contributed by atoms with Gasteiger partial charge < -0.3 is 14.0 Å². The van der Waals surface area contributed by atoms with Gasteiger partial charge >= 0.3 is 0 Å². The molecule has 1 aliphatic heterocycles. The highest BCUT2D eigenvalue weighted by Crippen LogP contribution is 2.30. The van der Waals surface area contributed by atoms with E-state index in [2.05, 4.69) is 45.6 Å². The summed E-state index contributed by atoms with van der Waals surface area (Å²) < 4.78 is 14.0. The summed E-state index contributed by atoms with van der Waals surface area (Å²) in [5, 5.41) is 0. The largest absolute Gasteiger partial charge is 0.381 e. The van der Waals surface area contributed by atoms with E-state index in [0.717, 1.165) is 56.8 Å². The normalized spacial score (nSPS) is 28.2. The molecule has 2 fully saturated rings. The second-order valence-electron chi connectivity index (χ2n) is 6.98. The third-order valence-corrected chi connectivity index (χ3v) is 5.68. The Morgan fingerprint density at radius 2 is 2.12 bits per heavy atom. The van der Waals surface area contributed by atoms with Crippen molar-refractivity contribution in [2.45, 2.75) is 51.0 Å². The molecule has 2 aromatic rings. The lowest BCUT2D eigenvalue weighted by atomic mass is 9.88. The van der Waals surface area contributed by atoms with Crippen LogP contribution in [0.25, 0.3) is 11.0 Å². The van der Waals surface area contributed by atoms with Crippen molar-refractivity contribution in [3.63, 3.8) is 0 Å². The Bertz CT molecular complexity index is 699. The van der Waals surface area contributed by atoms with Crippen molar-refractivity contribution in [3.05, 3.63) is 30.1 Å². The van der Waals surface area contributed by atoms with Crippen LogP contribution >= 0.6 is 0 Å². The molecule has 0 spiro atoms. The molecular weight excluding hydrogens is 302 g/mol. The highest BCUT2D eigenvalue weighted by molar-refractivity contribution is 5.75. The molecule has 130 valence electrons. The highest BCUT2D eigenvalue weighted by atomic mass is 16.5. The number of hydrogen-bond donors (Lipinski definition) is 0. The zero-order valence-corrected chi connectivity index (χ0v) is 14.6. The van der Waals surface area contributed by atoms with E-state index in [-0.39, 0.29) is 0 Å². The number of hydrogen-bond acceptors (Lipinski definition) is 4. The average molecular weight is 329 g/mol. The maximum Gasteiger partial charge on any atom is 0.106 e. The number of methoxy groups -OCH3 is 1. The Morgan fingerprint density at radius 3 is 3.00 bits per heavy atom. The fourth-order valence-electron chi connectivity index (χ4n) is 4.35.